The van der Waals surface area contributed by atoms with Gasteiger partial charge in [0.25, 0.3) is 0 Å². The number of aromatic amines is 1. The molecule has 0 aliphatic rings. The maximum absolute atomic E-state index is 12.9. The van der Waals surface area contributed by atoms with Crippen LogP contribution in [0.3, 0.4) is 0 Å². The van der Waals surface area contributed by atoms with Gasteiger partial charge in [-0.2, -0.15) is 0 Å². The molecule has 0 saturated carbocycles. The molecule has 2 aromatic heterocycles. The van der Waals surface area contributed by atoms with Gasteiger partial charge in [0, 0.05) is 35.2 Å². The molecule has 6 nitrogen and oxygen atoms in total. The average Bonchev–Trinajstić information content (AvgIpc) is 3.11. The van der Waals surface area contributed by atoms with E-state index in [0.29, 0.717) is 36.2 Å². The van der Waals surface area contributed by atoms with E-state index >= 15 is 0 Å². The third-order valence-electron chi connectivity index (χ3n) is 4.64. The normalized spacial score (nSPS) is 11.9. The van der Waals surface area contributed by atoms with Crippen molar-refractivity contribution in [2.45, 2.75) is 18.2 Å². The van der Waals surface area contributed by atoms with Crippen molar-refractivity contribution < 1.29 is 13.2 Å². The Bertz CT molecular complexity index is 1230. The van der Waals surface area contributed by atoms with E-state index in [4.69, 9.17) is 4.74 Å². The minimum atomic E-state index is -3.68. The first-order chi connectivity index (χ1) is 13.6. The topological polar surface area (TPSA) is 84.1 Å². The first kappa shape index (κ1) is 18.5. The lowest BCUT2D eigenvalue weighted by Gasteiger charge is -2.12. The molecule has 2 heterocycles. The molecule has 0 fully saturated rings. The van der Waals surface area contributed by atoms with Crippen molar-refractivity contribution in [1.29, 1.82) is 0 Å². The number of hydrogen-bond donors (Lipinski definition) is 2. The van der Waals surface area contributed by atoms with E-state index in [1.165, 1.54) is 0 Å². The Kier molecular flexibility index (Phi) is 5.02. The fraction of sp³-hybridized carbons (Fsp3) is 0.190. The van der Waals surface area contributed by atoms with E-state index in [1.807, 2.05) is 37.4 Å². The number of pyridine rings is 1. The molecule has 0 aliphatic heterocycles. The summed E-state index contributed by atoms with van der Waals surface area (Å²) in [6, 6.07) is 14.7. The lowest BCUT2D eigenvalue weighted by molar-refractivity contribution is 0.343. The fourth-order valence-electron chi connectivity index (χ4n) is 3.36. The summed E-state index contributed by atoms with van der Waals surface area (Å²) in [5, 5.41) is 1.66. The van der Waals surface area contributed by atoms with Crippen LogP contribution in [0, 0.1) is 0 Å². The van der Waals surface area contributed by atoms with E-state index in [-0.39, 0.29) is 4.90 Å². The van der Waals surface area contributed by atoms with Crippen LogP contribution in [-0.4, -0.2) is 31.5 Å². The Hall–Kier alpha value is -2.90. The van der Waals surface area contributed by atoms with E-state index in [9.17, 15) is 8.42 Å². The highest BCUT2D eigenvalue weighted by molar-refractivity contribution is 7.89. The molecule has 2 N–H and O–H groups in total. The van der Waals surface area contributed by atoms with E-state index < -0.39 is 10.0 Å². The molecule has 0 aliphatic carbocycles. The van der Waals surface area contributed by atoms with Gasteiger partial charge in [-0.3, -0.25) is 4.98 Å². The van der Waals surface area contributed by atoms with Gasteiger partial charge < -0.3 is 9.72 Å². The van der Waals surface area contributed by atoms with Crippen LogP contribution in [0.15, 0.2) is 65.8 Å². The molecule has 28 heavy (non-hydrogen) atoms. The highest BCUT2D eigenvalue weighted by Gasteiger charge is 2.19. The molecule has 0 unspecified atom stereocenters. The minimum Gasteiger partial charge on any atom is -0.492 e. The molecule has 0 saturated heterocycles. The highest BCUT2D eigenvalue weighted by atomic mass is 32.2. The summed E-state index contributed by atoms with van der Waals surface area (Å²) in [6.07, 6.45) is 4.15. The smallest absolute Gasteiger partial charge is 0.241 e. The number of H-pyrrole nitrogens is 1. The number of nitrogens with zero attached hydrogens (tertiary/aromatic N) is 1. The van der Waals surface area contributed by atoms with Gasteiger partial charge in [0.15, 0.2) is 0 Å². The van der Waals surface area contributed by atoms with Gasteiger partial charge in [-0.05, 0) is 49.2 Å². The number of ether oxygens (including phenoxy) is 1. The molecule has 4 aromatic rings. The monoisotopic (exact) mass is 395 g/mol. The van der Waals surface area contributed by atoms with Crippen molar-refractivity contribution in [2.75, 3.05) is 13.2 Å². The van der Waals surface area contributed by atoms with Crippen LogP contribution >= 0.6 is 0 Å². The summed E-state index contributed by atoms with van der Waals surface area (Å²) < 4.78 is 34.1. The predicted molar refractivity (Wildman–Crippen MR) is 110 cm³/mol. The van der Waals surface area contributed by atoms with E-state index in [1.54, 1.807) is 30.5 Å². The first-order valence-corrected chi connectivity index (χ1v) is 10.6. The zero-order valence-corrected chi connectivity index (χ0v) is 16.3. The van der Waals surface area contributed by atoms with E-state index in [2.05, 4.69) is 14.7 Å². The van der Waals surface area contributed by atoms with Crippen LogP contribution in [0.1, 0.15) is 12.5 Å². The van der Waals surface area contributed by atoms with E-state index in [0.717, 1.165) is 16.5 Å². The van der Waals surface area contributed by atoms with Crippen LogP contribution < -0.4 is 9.46 Å². The first-order valence-electron chi connectivity index (χ1n) is 9.15. The molecule has 7 heteroatoms. The number of aromatic nitrogens is 2. The Morgan fingerprint density at radius 2 is 1.89 bits per heavy atom. The molecule has 0 bridgehead atoms. The molecule has 0 spiro atoms. The lowest BCUT2D eigenvalue weighted by atomic mass is 10.1. The van der Waals surface area contributed by atoms with Crippen LogP contribution in [0.5, 0.6) is 5.75 Å². The number of hydrogen-bond acceptors (Lipinski definition) is 4. The predicted octanol–water partition coefficient (Wildman–Crippen LogP) is 3.64. The molecular weight excluding hydrogens is 374 g/mol. The van der Waals surface area contributed by atoms with Crippen LogP contribution in [0.4, 0.5) is 0 Å². The summed E-state index contributed by atoms with van der Waals surface area (Å²) in [7, 11) is -3.68. The van der Waals surface area contributed by atoms with Gasteiger partial charge in [0.2, 0.25) is 10.0 Å². The summed E-state index contributed by atoms with van der Waals surface area (Å²) in [6.45, 7) is 2.67. The van der Waals surface area contributed by atoms with Gasteiger partial charge in [0.1, 0.15) is 11.3 Å². The highest BCUT2D eigenvalue weighted by Crippen LogP contribution is 2.29. The standard InChI is InChI=1S/C21H21N3O3S/c1-2-27-19-9-10-20(17-7-5-12-22-21(17)19)28(25,26)24-13-11-15-14-23-18-8-4-3-6-16(15)18/h3-10,12,14,23-24H,2,11,13H2,1H3. The summed E-state index contributed by atoms with van der Waals surface area (Å²) in [4.78, 5) is 7.72. The third-order valence-corrected chi connectivity index (χ3v) is 6.16. The van der Waals surface area contributed by atoms with Gasteiger partial charge >= 0.3 is 0 Å². The molecule has 2 aromatic carbocycles. The third kappa shape index (κ3) is 3.46. The zero-order chi connectivity index (χ0) is 19.6. The van der Waals surface area contributed by atoms with Crippen molar-refractivity contribution in [3.63, 3.8) is 0 Å². The summed E-state index contributed by atoms with van der Waals surface area (Å²) >= 11 is 0. The average molecular weight is 395 g/mol. The number of rotatable bonds is 7. The van der Waals surface area contributed by atoms with Crippen LogP contribution in [-0.2, 0) is 16.4 Å². The Morgan fingerprint density at radius 1 is 1.07 bits per heavy atom. The molecule has 4 rings (SSSR count). The Labute approximate surface area is 163 Å². The summed E-state index contributed by atoms with van der Waals surface area (Å²) in [5.74, 6) is 0.579. The van der Waals surface area contributed by atoms with Crippen LogP contribution in [0.2, 0.25) is 0 Å². The molecule has 0 radical (unpaired) electrons. The van der Waals surface area contributed by atoms with Gasteiger partial charge in [-0.15, -0.1) is 0 Å². The number of para-hydroxylation sites is 1. The fourth-order valence-corrected chi connectivity index (χ4v) is 4.59. The largest absolute Gasteiger partial charge is 0.492 e. The maximum Gasteiger partial charge on any atom is 0.241 e. The van der Waals surface area contributed by atoms with Gasteiger partial charge in [-0.25, -0.2) is 13.1 Å². The number of fused-ring (bicyclic) bond motifs is 2. The number of nitrogens with one attached hydrogen (secondary N) is 2. The van der Waals surface area contributed by atoms with Crippen molar-refractivity contribution in [3.05, 3.63) is 66.5 Å². The minimum absolute atomic E-state index is 0.206. The van der Waals surface area contributed by atoms with Crippen molar-refractivity contribution in [2.24, 2.45) is 0 Å². The quantitative estimate of drug-likeness (QED) is 0.500. The zero-order valence-electron chi connectivity index (χ0n) is 15.5. The van der Waals surface area contributed by atoms with Gasteiger partial charge in [-0.1, -0.05) is 18.2 Å². The second-order valence-electron chi connectivity index (χ2n) is 6.40. The molecule has 0 amide bonds. The van der Waals surface area contributed by atoms with Crippen molar-refractivity contribution in [1.82, 2.24) is 14.7 Å². The molecule has 144 valence electrons. The summed E-state index contributed by atoms with van der Waals surface area (Å²) in [5.41, 5.74) is 2.67. The van der Waals surface area contributed by atoms with Crippen molar-refractivity contribution >= 4 is 31.8 Å². The SMILES string of the molecule is CCOc1ccc(S(=O)(=O)NCCc2c[nH]c3ccccc23)c2cccnc12. The number of benzene rings is 2. The maximum atomic E-state index is 12.9. The molecular formula is C21H21N3O3S. The lowest BCUT2D eigenvalue weighted by Crippen LogP contribution is -2.26. The molecule has 0 atom stereocenters. The number of sulfonamides is 1. The van der Waals surface area contributed by atoms with Gasteiger partial charge in [0.05, 0.1) is 11.5 Å². The van der Waals surface area contributed by atoms with Crippen molar-refractivity contribution in [3.8, 4) is 5.75 Å². The second-order valence-corrected chi connectivity index (χ2v) is 8.14. The Morgan fingerprint density at radius 3 is 2.75 bits per heavy atom. The second kappa shape index (κ2) is 7.61. The Balaban J connectivity index is 1.58. The van der Waals surface area contributed by atoms with Crippen LogP contribution in [0.25, 0.3) is 21.8 Å².